The molecule has 5 heteroatoms. The van der Waals surface area contributed by atoms with Crippen molar-refractivity contribution in [3.8, 4) is 5.75 Å². The standard InChI is InChI=1S/C17H20O5/c1-2-14(12-19)15(7-9-18)11-17(21)22-10-8-13-3-5-16(20)6-4-13/h2-6,9,12,14-15,20H,1,7-8,10-11H2. The average molecular weight is 304 g/mol. The quantitative estimate of drug-likeness (QED) is 0.406. The van der Waals surface area contributed by atoms with E-state index in [0.717, 1.165) is 5.56 Å². The van der Waals surface area contributed by atoms with Gasteiger partial charge in [0.2, 0.25) is 0 Å². The second-order valence-corrected chi connectivity index (χ2v) is 4.95. The van der Waals surface area contributed by atoms with E-state index in [4.69, 9.17) is 9.84 Å². The summed E-state index contributed by atoms with van der Waals surface area (Å²) >= 11 is 0. The van der Waals surface area contributed by atoms with Gasteiger partial charge in [-0.25, -0.2) is 0 Å². The molecule has 0 heterocycles. The van der Waals surface area contributed by atoms with Crippen molar-refractivity contribution in [2.24, 2.45) is 11.8 Å². The number of rotatable bonds is 10. The fourth-order valence-electron chi connectivity index (χ4n) is 2.08. The van der Waals surface area contributed by atoms with E-state index >= 15 is 0 Å². The van der Waals surface area contributed by atoms with Crippen LogP contribution in [0.25, 0.3) is 0 Å². The Morgan fingerprint density at radius 3 is 2.50 bits per heavy atom. The van der Waals surface area contributed by atoms with Crippen molar-refractivity contribution in [1.82, 2.24) is 0 Å². The van der Waals surface area contributed by atoms with Crippen LogP contribution in [-0.2, 0) is 25.5 Å². The normalized spacial score (nSPS) is 12.9. The topological polar surface area (TPSA) is 80.7 Å². The molecule has 0 saturated heterocycles. The van der Waals surface area contributed by atoms with Gasteiger partial charge in [-0.05, 0) is 23.6 Å². The van der Waals surface area contributed by atoms with Crippen molar-refractivity contribution in [1.29, 1.82) is 0 Å². The number of esters is 1. The maximum atomic E-state index is 11.8. The van der Waals surface area contributed by atoms with Crippen LogP contribution in [-0.4, -0.2) is 30.3 Å². The number of carbonyl (C=O) groups is 3. The molecular weight excluding hydrogens is 284 g/mol. The molecule has 5 nitrogen and oxygen atoms in total. The molecule has 1 rings (SSSR count). The summed E-state index contributed by atoms with van der Waals surface area (Å²) in [5, 5.41) is 9.17. The van der Waals surface area contributed by atoms with Gasteiger partial charge in [-0.1, -0.05) is 18.2 Å². The number of carbonyl (C=O) groups excluding carboxylic acids is 3. The summed E-state index contributed by atoms with van der Waals surface area (Å²) in [6.07, 6.45) is 3.46. The van der Waals surface area contributed by atoms with Gasteiger partial charge in [0.05, 0.1) is 6.61 Å². The van der Waals surface area contributed by atoms with Gasteiger partial charge >= 0.3 is 5.97 Å². The molecule has 2 unspecified atom stereocenters. The van der Waals surface area contributed by atoms with Gasteiger partial charge in [0.1, 0.15) is 18.3 Å². The zero-order valence-corrected chi connectivity index (χ0v) is 12.3. The minimum absolute atomic E-state index is 0.00371. The van der Waals surface area contributed by atoms with Crippen molar-refractivity contribution in [2.75, 3.05) is 6.61 Å². The van der Waals surface area contributed by atoms with E-state index in [1.807, 2.05) is 0 Å². The highest BCUT2D eigenvalue weighted by molar-refractivity contribution is 5.71. The van der Waals surface area contributed by atoms with E-state index in [-0.39, 0.29) is 25.2 Å². The van der Waals surface area contributed by atoms with Crippen LogP contribution in [0.1, 0.15) is 18.4 Å². The summed E-state index contributed by atoms with van der Waals surface area (Å²) < 4.78 is 5.12. The Kier molecular flexibility index (Phi) is 7.61. The van der Waals surface area contributed by atoms with Crippen LogP contribution in [0.2, 0.25) is 0 Å². The molecule has 1 aromatic rings. The molecule has 0 aliphatic carbocycles. The third-order valence-corrected chi connectivity index (χ3v) is 3.39. The Morgan fingerprint density at radius 1 is 1.27 bits per heavy atom. The molecule has 118 valence electrons. The number of hydrogen-bond donors (Lipinski definition) is 1. The molecule has 22 heavy (non-hydrogen) atoms. The minimum Gasteiger partial charge on any atom is -0.508 e. The predicted octanol–water partition coefficient (Wildman–Crippen LogP) is 2.07. The number of hydrogen-bond acceptors (Lipinski definition) is 5. The van der Waals surface area contributed by atoms with Crippen molar-refractivity contribution in [3.05, 3.63) is 42.5 Å². The Bertz CT molecular complexity index is 498. The van der Waals surface area contributed by atoms with Crippen molar-refractivity contribution < 1.29 is 24.2 Å². The van der Waals surface area contributed by atoms with E-state index in [9.17, 15) is 14.4 Å². The lowest BCUT2D eigenvalue weighted by Crippen LogP contribution is -2.20. The fraction of sp³-hybridized carbons (Fsp3) is 0.353. The fourth-order valence-corrected chi connectivity index (χ4v) is 2.08. The number of aromatic hydroxyl groups is 1. The van der Waals surface area contributed by atoms with Gasteiger partial charge < -0.3 is 19.4 Å². The van der Waals surface area contributed by atoms with Gasteiger partial charge in [-0.15, -0.1) is 6.58 Å². The predicted molar refractivity (Wildman–Crippen MR) is 81.3 cm³/mol. The zero-order valence-electron chi connectivity index (χ0n) is 12.3. The molecule has 0 spiro atoms. The molecule has 0 aromatic heterocycles. The molecule has 0 bridgehead atoms. The molecule has 0 aliphatic heterocycles. The molecule has 1 aromatic carbocycles. The molecule has 0 amide bonds. The van der Waals surface area contributed by atoms with Crippen LogP contribution in [0.3, 0.4) is 0 Å². The van der Waals surface area contributed by atoms with Crippen LogP contribution in [0, 0.1) is 11.8 Å². The summed E-state index contributed by atoms with van der Waals surface area (Å²) in [5.41, 5.74) is 0.937. The monoisotopic (exact) mass is 304 g/mol. The smallest absolute Gasteiger partial charge is 0.306 e. The number of allylic oxidation sites excluding steroid dienone is 1. The number of ether oxygens (including phenoxy) is 1. The summed E-state index contributed by atoms with van der Waals surface area (Å²) in [5.74, 6) is -1.20. The minimum atomic E-state index is -0.533. The Balaban J connectivity index is 2.43. The first-order valence-electron chi connectivity index (χ1n) is 7.05. The number of benzene rings is 1. The third kappa shape index (κ3) is 5.91. The third-order valence-electron chi connectivity index (χ3n) is 3.39. The van der Waals surface area contributed by atoms with E-state index in [2.05, 4.69) is 6.58 Å². The first kappa shape index (κ1) is 17.6. The summed E-state index contributed by atoms with van der Waals surface area (Å²) in [7, 11) is 0. The molecule has 1 N–H and O–H groups in total. The first-order chi connectivity index (χ1) is 10.6. The SMILES string of the molecule is C=CC(C=O)C(CC=O)CC(=O)OCCc1ccc(O)cc1. The zero-order chi connectivity index (χ0) is 16.4. The molecule has 0 fully saturated rings. The number of aldehydes is 2. The van der Waals surface area contributed by atoms with Crippen LogP contribution >= 0.6 is 0 Å². The Morgan fingerprint density at radius 2 is 1.95 bits per heavy atom. The summed E-state index contributed by atoms with van der Waals surface area (Å²) in [4.78, 5) is 33.3. The molecule has 2 atom stereocenters. The maximum Gasteiger partial charge on any atom is 0.306 e. The Labute approximate surface area is 129 Å². The molecule has 0 aliphatic rings. The van der Waals surface area contributed by atoms with E-state index in [1.54, 1.807) is 24.3 Å². The van der Waals surface area contributed by atoms with Gasteiger partial charge in [-0.3, -0.25) is 4.79 Å². The lowest BCUT2D eigenvalue weighted by Gasteiger charge is -2.17. The van der Waals surface area contributed by atoms with E-state index < -0.39 is 17.8 Å². The van der Waals surface area contributed by atoms with Crippen LogP contribution in [0.4, 0.5) is 0 Å². The highest BCUT2D eigenvalue weighted by Crippen LogP contribution is 2.19. The number of phenolic OH excluding ortho intramolecular Hbond substituents is 1. The van der Waals surface area contributed by atoms with Crippen LogP contribution in [0.15, 0.2) is 36.9 Å². The maximum absolute atomic E-state index is 11.8. The number of phenols is 1. The highest BCUT2D eigenvalue weighted by Gasteiger charge is 2.22. The first-order valence-corrected chi connectivity index (χ1v) is 7.05. The van der Waals surface area contributed by atoms with Gasteiger partial charge in [0.15, 0.2) is 0 Å². The molecule has 0 radical (unpaired) electrons. The lowest BCUT2D eigenvalue weighted by atomic mass is 9.88. The van der Waals surface area contributed by atoms with Crippen molar-refractivity contribution in [3.63, 3.8) is 0 Å². The lowest BCUT2D eigenvalue weighted by molar-refractivity contribution is -0.145. The molecular formula is C17H20O5. The van der Waals surface area contributed by atoms with Gasteiger partial charge in [0, 0.05) is 25.2 Å². The van der Waals surface area contributed by atoms with E-state index in [0.29, 0.717) is 19.0 Å². The van der Waals surface area contributed by atoms with Gasteiger partial charge in [0.25, 0.3) is 0 Å². The summed E-state index contributed by atoms with van der Waals surface area (Å²) in [6, 6.07) is 6.63. The average Bonchev–Trinajstić information content (AvgIpc) is 2.50. The Hall–Kier alpha value is -2.43. The second-order valence-electron chi connectivity index (χ2n) is 4.95. The van der Waals surface area contributed by atoms with E-state index in [1.165, 1.54) is 6.08 Å². The van der Waals surface area contributed by atoms with Crippen molar-refractivity contribution >= 4 is 18.5 Å². The largest absolute Gasteiger partial charge is 0.508 e. The highest BCUT2D eigenvalue weighted by atomic mass is 16.5. The second kappa shape index (κ2) is 9.50. The van der Waals surface area contributed by atoms with Crippen molar-refractivity contribution in [2.45, 2.75) is 19.3 Å². The molecule has 0 saturated carbocycles. The summed E-state index contributed by atoms with van der Waals surface area (Å²) in [6.45, 7) is 3.74. The van der Waals surface area contributed by atoms with Gasteiger partial charge in [-0.2, -0.15) is 0 Å². The van der Waals surface area contributed by atoms with Crippen LogP contribution in [0.5, 0.6) is 5.75 Å². The van der Waals surface area contributed by atoms with Crippen LogP contribution < -0.4 is 0 Å².